The van der Waals surface area contributed by atoms with E-state index < -0.39 is 24.5 Å². The number of hydrogen-bond donors (Lipinski definition) is 3. The maximum Gasteiger partial charge on any atom is 0.322 e. The maximum absolute atomic E-state index is 15.8. The second kappa shape index (κ2) is 26.7. The number of nitrogens with zero attached hydrogens (tertiary/aromatic N) is 10. The first-order valence-corrected chi connectivity index (χ1v) is 35.7. The number of halogens is 3. The number of benzene rings is 2. The maximum atomic E-state index is 15.8. The van der Waals surface area contributed by atoms with Crippen LogP contribution in [0.25, 0.3) is 11.3 Å². The van der Waals surface area contributed by atoms with Gasteiger partial charge in [0.1, 0.15) is 17.3 Å². The number of amides is 4. The SMILES string of the molecule is C.C.CCC[CH2][Sn]([CH2]CCC)([CH2]CCC)[c]1ccc(F)c([C@H]2CCCN2c2ccn3ncc(NC(=O)N4CC[C@H](C)C4)c3n2)c1.O=C(Nc1cnn2ccc(N3CCC[C@@H]3c3cc(I)ccc3F)nc12)N1CC[C@H](O)C1. The average molecular weight is 1270 g/mol. The van der Waals surface area contributed by atoms with E-state index in [0.717, 1.165) is 79.1 Å². The normalized spacial score (nSPS) is 19.5. The Morgan fingerprint density at radius 1 is 0.671 bits per heavy atom. The van der Waals surface area contributed by atoms with Gasteiger partial charge in [-0.15, -0.1) is 0 Å². The molecule has 76 heavy (non-hydrogen) atoms. The van der Waals surface area contributed by atoms with Crippen molar-refractivity contribution in [2.75, 3.05) is 59.7 Å². The summed E-state index contributed by atoms with van der Waals surface area (Å²) < 4.78 is 40.3. The number of likely N-dealkylation sites (tertiary alicyclic amines) is 2. The number of fused-ring (bicyclic) bond motifs is 2. The Hall–Kier alpha value is -4.83. The predicted molar refractivity (Wildman–Crippen MR) is 314 cm³/mol. The summed E-state index contributed by atoms with van der Waals surface area (Å²) in [5.41, 5.74) is 3.78. The van der Waals surface area contributed by atoms with Crippen molar-refractivity contribution in [1.82, 2.24) is 39.0 Å². The second-order valence-corrected chi connectivity index (χ2v) is 35.5. The smallest absolute Gasteiger partial charge is 0.322 e. The Bertz CT molecular complexity index is 2880. The van der Waals surface area contributed by atoms with Crippen molar-refractivity contribution in [3.8, 4) is 0 Å². The molecule has 19 heteroatoms. The molecule has 0 radical (unpaired) electrons. The van der Waals surface area contributed by atoms with E-state index >= 15 is 4.39 Å². The van der Waals surface area contributed by atoms with Gasteiger partial charge >= 0.3 is 236 Å². The summed E-state index contributed by atoms with van der Waals surface area (Å²) in [7, 11) is 0. The number of carbonyl (C=O) groups excluding carboxylic acids is 2. The minimum Gasteiger partial charge on any atom is -0.391 e. The Morgan fingerprint density at radius 2 is 1.16 bits per heavy atom. The van der Waals surface area contributed by atoms with Gasteiger partial charge in [0.05, 0.1) is 18.3 Å². The quantitative estimate of drug-likeness (QED) is 0.0635. The van der Waals surface area contributed by atoms with Gasteiger partial charge in [-0.25, -0.2) is 18.7 Å². The molecule has 4 amide bonds. The zero-order valence-corrected chi connectivity index (χ0v) is 48.5. The average Bonchev–Trinajstić information content (AvgIpc) is 4.30. The summed E-state index contributed by atoms with van der Waals surface area (Å²) in [6.07, 6.45) is 19.3. The number of carbonyl (C=O) groups is 2. The van der Waals surface area contributed by atoms with Crippen molar-refractivity contribution < 1.29 is 23.5 Å². The van der Waals surface area contributed by atoms with Crippen molar-refractivity contribution in [3.05, 3.63) is 99.6 Å². The summed E-state index contributed by atoms with van der Waals surface area (Å²) in [5, 5.41) is 24.3. The Labute approximate surface area is 466 Å². The van der Waals surface area contributed by atoms with Crippen LogP contribution in [0.2, 0.25) is 13.3 Å². The molecule has 15 nitrogen and oxygen atoms in total. The molecule has 8 heterocycles. The second-order valence-electron chi connectivity index (χ2n) is 21.0. The van der Waals surface area contributed by atoms with Crippen LogP contribution in [0.5, 0.6) is 0 Å². The van der Waals surface area contributed by atoms with E-state index in [1.54, 1.807) is 44.7 Å². The number of aromatic nitrogens is 6. The van der Waals surface area contributed by atoms with Crippen LogP contribution in [0.1, 0.15) is 143 Å². The number of nitrogens with one attached hydrogen (secondary N) is 2. The topological polar surface area (TPSA) is 152 Å². The van der Waals surface area contributed by atoms with E-state index in [4.69, 9.17) is 9.97 Å². The van der Waals surface area contributed by atoms with Crippen LogP contribution in [0.3, 0.4) is 0 Å². The predicted octanol–water partition coefficient (Wildman–Crippen LogP) is 12.8. The van der Waals surface area contributed by atoms with Gasteiger partial charge < -0.3 is 20.2 Å². The van der Waals surface area contributed by atoms with Gasteiger partial charge in [0.25, 0.3) is 0 Å². The Morgan fingerprint density at radius 3 is 1.63 bits per heavy atom. The van der Waals surface area contributed by atoms with Crippen molar-refractivity contribution in [2.24, 2.45) is 5.92 Å². The molecular weight excluding hydrogens is 1180 g/mol. The summed E-state index contributed by atoms with van der Waals surface area (Å²) in [5.74, 6) is 1.75. The zero-order valence-electron chi connectivity index (χ0n) is 43.5. The molecule has 4 fully saturated rings. The zero-order chi connectivity index (χ0) is 51.9. The van der Waals surface area contributed by atoms with Crippen LogP contribution in [0, 0.1) is 21.1 Å². The number of rotatable bonds is 16. The molecule has 4 atom stereocenters. The van der Waals surface area contributed by atoms with E-state index in [1.807, 2.05) is 29.3 Å². The first kappa shape index (κ1) is 58.8. The summed E-state index contributed by atoms with van der Waals surface area (Å²) in [6, 6.07) is 14.8. The molecular formula is C57H81F2IN12O3Sn. The Balaban J connectivity index is 0.000000226. The van der Waals surface area contributed by atoms with E-state index in [9.17, 15) is 19.1 Å². The fourth-order valence-corrected chi connectivity index (χ4v) is 28.1. The fraction of sp³-hybridized carbons (Fsp3) is 0.544. The molecule has 0 spiro atoms. The van der Waals surface area contributed by atoms with Crippen LogP contribution >= 0.6 is 22.6 Å². The van der Waals surface area contributed by atoms with Crippen molar-refractivity contribution >= 4 is 90.9 Å². The Kier molecular flexibility index (Phi) is 20.7. The molecule has 2 aromatic carbocycles. The third kappa shape index (κ3) is 13.2. The molecule has 4 aliphatic heterocycles. The van der Waals surface area contributed by atoms with Gasteiger partial charge in [-0.2, -0.15) is 5.10 Å². The number of anilines is 4. The molecule has 0 aliphatic carbocycles. The standard InChI is InChI=1S/C22H24FN6O.C21H22FIN6O2.3C4H9.2CH4.Sn/c1-15-8-11-27(14-15)22(30)25-18-13-24-29-12-9-20(26-21(18)29)28-10-4-7-19(28)16-5-2-3-6-17(16)23;22-16-4-3-13(23)10-15(16)18-2-1-7-28(18)19-6-9-29-20(26-19)17(11-24-29)25-21(31)27-8-5-14(30)12-27;3*1-3-4-2;;;/h3,5-6,9,12-13,15,19H,4,7-8,10-11,14H2,1H3,(H,25,30);3-4,6,9-11,14,18,30H,1-2,5,7-8,12H2,(H,25,31);3*1,3-4H2,2H3;2*1H4;/t15-,19+;14-,18+;;;;;;/m00....../s1. The van der Waals surface area contributed by atoms with Gasteiger partial charge in [-0.1, -0.05) is 21.8 Å². The van der Waals surface area contributed by atoms with Crippen molar-refractivity contribution in [2.45, 2.75) is 151 Å². The monoisotopic (exact) mass is 1270 g/mol. The van der Waals surface area contributed by atoms with Crippen LogP contribution in [-0.4, -0.2) is 120 Å². The van der Waals surface area contributed by atoms with Crippen molar-refractivity contribution in [1.29, 1.82) is 0 Å². The van der Waals surface area contributed by atoms with Gasteiger partial charge in [0.15, 0.2) is 5.65 Å². The molecule has 4 saturated heterocycles. The van der Waals surface area contributed by atoms with Crippen LogP contribution in [-0.2, 0) is 0 Å². The van der Waals surface area contributed by atoms with Crippen LogP contribution < -0.4 is 24.0 Å². The molecule has 0 saturated carbocycles. The van der Waals surface area contributed by atoms with Crippen molar-refractivity contribution in [3.63, 3.8) is 0 Å². The third-order valence-electron chi connectivity index (χ3n) is 15.8. The molecule has 0 unspecified atom stereocenters. The minimum absolute atomic E-state index is 0. The van der Waals surface area contributed by atoms with Crippen LogP contribution in [0.4, 0.5) is 41.4 Å². The molecule has 6 aromatic rings. The van der Waals surface area contributed by atoms with Gasteiger partial charge in [0, 0.05) is 48.1 Å². The first-order valence-electron chi connectivity index (χ1n) is 27.1. The minimum atomic E-state index is -2.72. The molecule has 4 aliphatic rings. The number of β-amino-alcohol motifs (C(OH)–C–C–N with tert-alkyl or cyclic N) is 1. The molecule has 412 valence electrons. The number of unbranched alkanes of at least 4 members (excludes halogenated alkanes) is 3. The summed E-state index contributed by atoms with van der Waals surface area (Å²) >= 11 is -0.517. The summed E-state index contributed by atoms with van der Waals surface area (Å²) in [6.45, 7) is 13.1. The molecule has 3 N–H and O–H groups in total. The van der Waals surface area contributed by atoms with Gasteiger partial charge in [-0.05, 0) is 78.5 Å². The van der Waals surface area contributed by atoms with E-state index in [-0.39, 0.29) is 50.6 Å². The number of aliphatic hydroxyl groups excluding tert-OH is 1. The number of aliphatic hydroxyl groups is 1. The third-order valence-corrected chi connectivity index (χ3v) is 32.0. The number of urea groups is 2. The fourth-order valence-electron chi connectivity index (χ4n) is 11.6. The largest absolute Gasteiger partial charge is 0.391 e. The molecule has 4 aromatic heterocycles. The van der Waals surface area contributed by atoms with E-state index in [0.29, 0.717) is 53.7 Å². The van der Waals surface area contributed by atoms with Crippen LogP contribution in [0.15, 0.2) is 73.3 Å². The van der Waals surface area contributed by atoms with Gasteiger partial charge in [0.2, 0.25) is 0 Å². The first-order chi connectivity index (χ1) is 35.9. The van der Waals surface area contributed by atoms with Gasteiger partial charge in [-0.3, -0.25) is 0 Å². The molecule has 0 bridgehead atoms. The summed E-state index contributed by atoms with van der Waals surface area (Å²) in [4.78, 5) is 43.0. The number of hydrogen-bond acceptors (Lipinski definition) is 9. The van der Waals surface area contributed by atoms with E-state index in [1.165, 1.54) is 61.5 Å². The van der Waals surface area contributed by atoms with E-state index in [2.05, 4.69) is 93.0 Å². The molecule has 10 rings (SSSR count).